The van der Waals surface area contributed by atoms with Crippen molar-refractivity contribution in [2.75, 3.05) is 39.3 Å². The van der Waals surface area contributed by atoms with Crippen LogP contribution < -0.4 is 5.32 Å². The average molecular weight is 574 g/mol. The van der Waals surface area contributed by atoms with Crippen molar-refractivity contribution in [3.05, 3.63) is 69.9 Å². The van der Waals surface area contributed by atoms with Crippen LogP contribution in [0.3, 0.4) is 0 Å². The maximum atomic E-state index is 14.3. The van der Waals surface area contributed by atoms with Gasteiger partial charge < -0.3 is 24.6 Å². The standard InChI is InChI=1S/C32H36ClN5O3/c1-20-15-23(33)16-26-28(32(41)36-13-11-35(12-14-36)31(40)22-5-3-2-4-6-22)30(21-7-8-21)38(29(20)26)19-27(39)37-17-24-9-10-25(18-37)34-24/h2-6,15-16,21,24-25,34H,7-14,17-19H2,1H3. The molecule has 2 atom stereocenters. The Morgan fingerprint density at radius 3 is 2.12 bits per heavy atom. The molecule has 1 N–H and O–H groups in total. The number of aromatic nitrogens is 1. The Kier molecular flexibility index (Phi) is 6.78. The summed E-state index contributed by atoms with van der Waals surface area (Å²) < 4.78 is 2.13. The van der Waals surface area contributed by atoms with Crippen molar-refractivity contribution in [2.24, 2.45) is 0 Å². The quantitative estimate of drug-likeness (QED) is 0.500. The minimum absolute atomic E-state index is 0.00441. The molecule has 9 heteroatoms. The Morgan fingerprint density at radius 1 is 0.854 bits per heavy atom. The molecule has 2 aromatic carbocycles. The van der Waals surface area contributed by atoms with Crippen LogP contribution in [-0.4, -0.2) is 88.3 Å². The third-order valence-corrected chi connectivity index (χ3v) is 9.49. The largest absolute Gasteiger partial charge is 0.338 e. The van der Waals surface area contributed by atoms with Gasteiger partial charge in [-0.25, -0.2) is 0 Å². The lowest BCUT2D eigenvalue weighted by atomic mass is 10.0. The molecule has 4 fully saturated rings. The highest BCUT2D eigenvalue weighted by Crippen LogP contribution is 2.46. The molecule has 1 saturated carbocycles. The van der Waals surface area contributed by atoms with Gasteiger partial charge in [-0.05, 0) is 62.4 Å². The second kappa shape index (κ2) is 10.5. The zero-order valence-corrected chi connectivity index (χ0v) is 24.2. The number of halogens is 1. The van der Waals surface area contributed by atoms with E-state index in [-0.39, 0.29) is 30.2 Å². The molecule has 8 nitrogen and oxygen atoms in total. The van der Waals surface area contributed by atoms with E-state index in [4.69, 9.17) is 11.6 Å². The predicted octanol–water partition coefficient (Wildman–Crippen LogP) is 4.04. The lowest BCUT2D eigenvalue weighted by Crippen LogP contribution is -2.53. The van der Waals surface area contributed by atoms with E-state index in [0.717, 1.165) is 60.9 Å². The van der Waals surface area contributed by atoms with E-state index in [9.17, 15) is 14.4 Å². The fourth-order valence-corrected chi connectivity index (χ4v) is 7.39. The number of hydrogen-bond donors (Lipinski definition) is 1. The van der Waals surface area contributed by atoms with Crippen LogP contribution in [0.2, 0.25) is 5.02 Å². The molecule has 0 radical (unpaired) electrons. The summed E-state index contributed by atoms with van der Waals surface area (Å²) in [5.74, 6) is 0.336. The maximum absolute atomic E-state index is 14.3. The Morgan fingerprint density at radius 2 is 1.49 bits per heavy atom. The van der Waals surface area contributed by atoms with Crippen LogP contribution in [0.4, 0.5) is 0 Å². The second-order valence-corrected chi connectivity index (χ2v) is 12.6. The number of carbonyl (C=O) groups excluding carboxylic acids is 3. The highest BCUT2D eigenvalue weighted by Gasteiger charge is 2.39. The van der Waals surface area contributed by atoms with Gasteiger partial charge in [0.25, 0.3) is 11.8 Å². The van der Waals surface area contributed by atoms with Crippen molar-refractivity contribution in [3.63, 3.8) is 0 Å². The van der Waals surface area contributed by atoms with Gasteiger partial charge in [0.1, 0.15) is 6.54 Å². The number of fused-ring (bicyclic) bond motifs is 3. The number of hydrogen-bond acceptors (Lipinski definition) is 4. The highest BCUT2D eigenvalue weighted by atomic mass is 35.5. The molecule has 0 spiro atoms. The van der Waals surface area contributed by atoms with E-state index in [1.807, 2.05) is 64.1 Å². The van der Waals surface area contributed by atoms with Gasteiger partial charge in [-0.3, -0.25) is 14.4 Å². The van der Waals surface area contributed by atoms with Crippen LogP contribution >= 0.6 is 11.6 Å². The average Bonchev–Trinajstić information content (AvgIpc) is 3.70. The summed E-state index contributed by atoms with van der Waals surface area (Å²) >= 11 is 6.56. The molecule has 3 amide bonds. The van der Waals surface area contributed by atoms with Gasteiger partial charge >= 0.3 is 0 Å². The monoisotopic (exact) mass is 573 g/mol. The Hall–Kier alpha value is -3.36. The summed E-state index contributed by atoms with van der Waals surface area (Å²) in [5, 5.41) is 5.03. The first-order chi connectivity index (χ1) is 19.9. The summed E-state index contributed by atoms with van der Waals surface area (Å²) in [6.45, 7) is 5.65. The van der Waals surface area contributed by atoms with Gasteiger partial charge in [0, 0.05) is 78.9 Å². The molecule has 41 heavy (non-hydrogen) atoms. The van der Waals surface area contributed by atoms with E-state index in [0.29, 0.717) is 54.4 Å². The second-order valence-electron chi connectivity index (χ2n) is 12.1. The number of piperazine rings is 2. The summed E-state index contributed by atoms with van der Waals surface area (Å²) in [7, 11) is 0. The molecule has 2 bridgehead atoms. The van der Waals surface area contributed by atoms with Crippen LogP contribution in [-0.2, 0) is 11.3 Å². The van der Waals surface area contributed by atoms with Gasteiger partial charge in [-0.1, -0.05) is 29.8 Å². The lowest BCUT2D eigenvalue weighted by Gasteiger charge is -2.35. The van der Waals surface area contributed by atoms with Crippen LogP contribution in [0.25, 0.3) is 10.9 Å². The number of aryl methyl sites for hydroxylation is 1. The molecular formula is C32H36ClN5O3. The predicted molar refractivity (Wildman–Crippen MR) is 158 cm³/mol. The topological polar surface area (TPSA) is 77.9 Å². The lowest BCUT2D eigenvalue weighted by molar-refractivity contribution is -0.133. The van der Waals surface area contributed by atoms with Gasteiger partial charge in [0.2, 0.25) is 5.91 Å². The highest BCUT2D eigenvalue weighted by molar-refractivity contribution is 6.31. The molecule has 3 saturated heterocycles. The SMILES string of the molecule is Cc1cc(Cl)cc2c(C(=O)N3CCN(C(=O)c4ccccc4)CC3)c(C3CC3)n(CC(=O)N3CC4CCC(C3)N4)c12. The van der Waals surface area contributed by atoms with E-state index in [1.54, 1.807) is 0 Å². The van der Waals surface area contributed by atoms with Crippen molar-refractivity contribution >= 4 is 40.2 Å². The van der Waals surface area contributed by atoms with Crippen LogP contribution in [0.5, 0.6) is 0 Å². The van der Waals surface area contributed by atoms with Crippen LogP contribution in [0, 0.1) is 6.92 Å². The molecule has 3 aromatic rings. The van der Waals surface area contributed by atoms with Crippen LogP contribution in [0.1, 0.15) is 63.6 Å². The van der Waals surface area contributed by atoms with Gasteiger partial charge in [-0.2, -0.15) is 0 Å². The summed E-state index contributed by atoms with van der Waals surface area (Å²) in [5.41, 5.74) is 4.23. The van der Waals surface area contributed by atoms with Gasteiger partial charge in [0.15, 0.2) is 0 Å². The first-order valence-corrected chi connectivity index (χ1v) is 15.2. The van der Waals surface area contributed by atoms with E-state index < -0.39 is 0 Å². The van der Waals surface area contributed by atoms with Gasteiger partial charge in [0.05, 0.1) is 11.1 Å². The molecular weight excluding hydrogens is 538 g/mol. The third-order valence-electron chi connectivity index (χ3n) is 9.27. The Labute approximate surface area is 245 Å². The summed E-state index contributed by atoms with van der Waals surface area (Å²) in [4.78, 5) is 46.7. The van der Waals surface area contributed by atoms with Crippen molar-refractivity contribution in [1.29, 1.82) is 0 Å². The molecule has 4 heterocycles. The number of carbonyl (C=O) groups is 3. The fourth-order valence-electron chi connectivity index (χ4n) is 7.12. The third kappa shape index (κ3) is 4.91. The molecule has 214 valence electrons. The Bertz CT molecular complexity index is 1510. The normalized spacial score (nSPS) is 22.4. The fraction of sp³-hybridized carbons (Fsp3) is 0.469. The first kappa shape index (κ1) is 26.5. The number of likely N-dealkylation sites (tertiary alicyclic amines) is 1. The van der Waals surface area contributed by atoms with Crippen LogP contribution in [0.15, 0.2) is 42.5 Å². The van der Waals surface area contributed by atoms with Crippen molar-refractivity contribution in [2.45, 2.75) is 57.2 Å². The molecule has 7 rings (SSSR count). The molecule has 2 unspecified atom stereocenters. The Balaban J connectivity index is 1.19. The molecule has 3 aliphatic heterocycles. The number of benzene rings is 2. The van der Waals surface area contributed by atoms with Gasteiger partial charge in [-0.15, -0.1) is 0 Å². The molecule has 1 aliphatic carbocycles. The minimum Gasteiger partial charge on any atom is -0.338 e. The minimum atomic E-state index is -0.0307. The first-order valence-electron chi connectivity index (χ1n) is 14.9. The van der Waals surface area contributed by atoms with E-state index in [1.165, 1.54) is 0 Å². The van der Waals surface area contributed by atoms with E-state index in [2.05, 4.69) is 9.88 Å². The zero-order valence-electron chi connectivity index (χ0n) is 23.4. The molecule has 1 aromatic heterocycles. The zero-order chi connectivity index (χ0) is 28.2. The number of nitrogens with one attached hydrogen (secondary N) is 1. The van der Waals surface area contributed by atoms with E-state index >= 15 is 0 Å². The van der Waals surface area contributed by atoms with Crippen molar-refractivity contribution in [3.8, 4) is 0 Å². The van der Waals surface area contributed by atoms with Crippen molar-refractivity contribution < 1.29 is 14.4 Å². The maximum Gasteiger partial charge on any atom is 0.256 e. The summed E-state index contributed by atoms with van der Waals surface area (Å²) in [6.07, 6.45) is 4.26. The number of amides is 3. The summed E-state index contributed by atoms with van der Waals surface area (Å²) in [6, 6.07) is 13.9. The number of rotatable bonds is 5. The number of nitrogens with zero attached hydrogens (tertiary/aromatic N) is 4. The smallest absolute Gasteiger partial charge is 0.256 e. The van der Waals surface area contributed by atoms with Crippen molar-refractivity contribution in [1.82, 2.24) is 24.6 Å². The molecule has 4 aliphatic rings.